The van der Waals surface area contributed by atoms with Crippen LogP contribution in [0.1, 0.15) is 18.1 Å². The Morgan fingerprint density at radius 3 is 2.44 bits per heavy atom. The molecule has 16 heavy (non-hydrogen) atoms. The van der Waals surface area contributed by atoms with Crippen LogP contribution in [0.3, 0.4) is 0 Å². The maximum Gasteiger partial charge on any atom is 0.175 e. The highest BCUT2D eigenvalue weighted by atomic mass is 32.2. The minimum atomic E-state index is -3.46. The Morgan fingerprint density at radius 1 is 1.38 bits per heavy atom. The van der Waals surface area contributed by atoms with Crippen LogP contribution >= 0.6 is 0 Å². The van der Waals surface area contributed by atoms with Gasteiger partial charge in [-0.2, -0.15) is 0 Å². The van der Waals surface area contributed by atoms with Crippen molar-refractivity contribution in [2.24, 2.45) is 0 Å². The number of rotatable bonds is 4. The molecule has 0 heterocycles. The van der Waals surface area contributed by atoms with Crippen molar-refractivity contribution in [3.63, 3.8) is 0 Å². The average molecular weight is 246 g/mol. The summed E-state index contributed by atoms with van der Waals surface area (Å²) < 4.78 is 36.6. The Morgan fingerprint density at radius 2 is 2.00 bits per heavy atom. The molecule has 1 N–H and O–H groups in total. The molecule has 0 aliphatic rings. The van der Waals surface area contributed by atoms with E-state index >= 15 is 0 Å². The van der Waals surface area contributed by atoms with Crippen LogP contribution in [0.15, 0.2) is 17.0 Å². The number of aliphatic hydroxyl groups is 1. The van der Waals surface area contributed by atoms with Gasteiger partial charge in [-0.05, 0) is 30.5 Å². The molecule has 0 bridgehead atoms. The fourth-order valence-electron chi connectivity index (χ4n) is 1.55. The molecule has 1 aromatic rings. The molecule has 0 aliphatic heterocycles. The molecule has 0 radical (unpaired) electrons. The summed E-state index contributed by atoms with van der Waals surface area (Å²) in [7, 11) is -3.46. The number of aryl methyl sites for hydroxylation is 1. The first-order valence-electron chi connectivity index (χ1n) is 5.02. The van der Waals surface area contributed by atoms with Crippen molar-refractivity contribution in [2.75, 3.05) is 12.9 Å². The predicted molar refractivity (Wildman–Crippen MR) is 59.7 cm³/mol. The minimum Gasteiger partial charge on any atom is -0.396 e. The van der Waals surface area contributed by atoms with Crippen LogP contribution in [0.5, 0.6) is 0 Å². The van der Waals surface area contributed by atoms with Crippen LogP contribution in [0.2, 0.25) is 0 Å². The predicted octanol–water partition coefficient (Wildman–Crippen LogP) is 1.33. The maximum absolute atomic E-state index is 13.6. The van der Waals surface area contributed by atoms with Gasteiger partial charge in [0, 0.05) is 18.4 Å². The lowest BCUT2D eigenvalue weighted by Crippen LogP contribution is -2.08. The zero-order chi connectivity index (χ0) is 12.3. The van der Waals surface area contributed by atoms with E-state index in [0.717, 1.165) is 6.26 Å². The molecule has 0 atom stereocenters. The lowest BCUT2D eigenvalue weighted by Gasteiger charge is -2.10. The molecule has 0 spiro atoms. The summed E-state index contributed by atoms with van der Waals surface area (Å²) >= 11 is 0. The van der Waals surface area contributed by atoms with E-state index in [4.69, 9.17) is 5.11 Å². The summed E-state index contributed by atoms with van der Waals surface area (Å²) in [6.45, 7) is 1.55. The topological polar surface area (TPSA) is 54.4 Å². The summed E-state index contributed by atoms with van der Waals surface area (Å²) in [5.74, 6) is -0.561. The molecule has 3 nitrogen and oxygen atoms in total. The summed E-state index contributed by atoms with van der Waals surface area (Å²) in [5, 5.41) is 8.80. The molecule has 0 saturated carbocycles. The molecular formula is C11H15FO3S. The highest BCUT2D eigenvalue weighted by Gasteiger charge is 2.17. The van der Waals surface area contributed by atoms with Crippen molar-refractivity contribution in [3.05, 3.63) is 29.1 Å². The van der Waals surface area contributed by atoms with E-state index in [0.29, 0.717) is 12.0 Å². The number of sulfone groups is 1. The summed E-state index contributed by atoms with van der Waals surface area (Å²) in [6.07, 6.45) is 1.62. The van der Waals surface area contributed by atoms with Crippen LogP contribution in [0.25, 0.3) is 0 Å². The van der Waals surface area contributed by atoms with Gasteiger partial charge in [-0.25, -0.2) is 12.8 Å². The zero-order valence-electron chi connectivity index (χ0n) is 9.33. The van der Waals surface area contributed by atoms with Gasteiger partial charge >= 0.3 is 0 Å². The normalized spacial score (nSPS) is 11.8. The quantitative estimate of drug-likeness (QED) is 0.872. The van der Waals surface area contributed by atoms with Crippen LogP contribution in [0.4, 0.5) is 4.39 Å². The third kappa shape index (κ3) is 2.80. The van der Waals surface area contributed by atoms with E-state index in [9.17, 15) is 12.8 Å². The monoisotopic (exact) mass is 246 g/mol. The fraction of sp³-hybridized carbons (Fsp3) is 0.455. The Kier molecular flexibility index (Phi) is 4.04. The molecular weight excluding hydrogens is 231 g/mol. The van der Waals surface area contributed by atoms with Crippen LogP contribution in [-0.2, 0) is 22.7 Å². The molecule has 0 aromatic heterocycles. The second-order valence-corrected chi connectivity index (χ2v) is 5.64. The van der Waals surface area contributed by atoms with Crippen molar-refractivity contribution < 1.29 is 17.9 Å². The molecule has 0 amide bonds. The van der Waals surface area contributed by atoms with Gasteiger partial charge in [0.1, 0.15) is 5.82 Å². The number of halogens is 1. The van der Waals surface area contributed by atoms with E-state index < -0.39 is 15.7 Å². The van der Waals surface area contributed by atoms with Gasteiger partial charge in [-0.15, -0.1) is 0 Å². The fourth-order valence-corrected chi connectivity index (χ4v) is 2.57. The lowest BCUT2D eigenvalue weighted by molar-refractivity contribution is 0.296. The number of hydrogen-bond acceptors (Lipinski definition) is 3. The van der Waals surface area contributed by atoms with Gasteiger partial charge in [-0.1, -0.05) is 6.92 Å². The zero-order valence-corrected chi connectivity index (χ0v) is 10.1. The molecule has 90 valence electrons. The van der Waals surface area contributed by atoms with Gasteiger partial charge in [0.2, 0.25) is 0 Å². The second kappa shape index (κ2) is 4.93. The molecule has 1 rings (SSSR count). The summed E-state index contributed by atoms with van der Waals surface area (Å²) in [6, 6.07) is 2.79. The van der Waals surface area contributed by atoms with Crippen molar-refractivity contribution in [3.8, 4) is 0 Å². The molecule has 0 aliphatic carbocycles. The van der Waals surface area contributed by atoms with E-state index in [1.54, 1.807) is 0 Å². The van der Waals surface area contributed by atoms with Crippen molar-refractivity contribution >= 4 is 9.84 Å². The standard InChI is InChI=1S/C11H15FO3S/c1-3-8-6-10(12)9(4-5-13)11(7-8)16(2,14)15/h6-7,13H,3-5H2,1-2H3. The average Bonchev–Trinajstić information content (AvgIpc) is 2.19. The second-order valence-electron chi connectivity index (χ2n) is 3.65. The molecule has 0 fully saturated rings. The first-order chi connectivity index (χ1) is 7.40. The van der Waals surface area contributed by atoms with E-state index in [2.05, 4.69) is 0 Å². The van der Waals surface area contributed by atoms with Crippen molar-refractivity contribution in [1.82, 2.24) is 0 Å². The molecule has 0 saturated heterocycles. The largest absolute Gasteiger partial charge is 0.396 e. The van der Waals surface area contributed by atoms with Gasteiger partial charge in [0.25, 0.3) is 0 Å². The van der Waals surface area contributed by atoms with Crippen molar-refractivity contribution in [1.29, 1.82) is 0 Å². The first kappa shape index (κ1) is 13.1. The van der Waals surface area contributed by atoms with Gasteiger partial charge < -0.3 is 5.11 Å². The molecule has 1 aromatic carbocycles. The lowest BCUT2D eigenvalue weighted by atomic mass is 10.1. The third-order valence-electron chi connectivity index (χ3n) is 2.38. The Labute approximate surface area is 94.8 Å². The summed E-state index contributed by atoms with van der Waals surface area (Å²) in [4.78, 5) is -0.0154. The molecule has 5 heteroatoms. The van der Waals surface area contributed by atoms with Gasteiger partial charge in [-0.3, -0.25) is 0 Å². The smallest absolute Gasteiger partial charge is 0.175 e. The Hall–Kier alpha value is -0.940. The number of benzene rings is 1. The number of hydrogen-bond donors (Lipinski definition) is 1. The maximum atomic E-state index is 13.6. The third-order valence-corrected chi connectivity index (χ3v) is 3.55. The van der Waals surface area contributed by atoms with Gasteiger partial charge in [0.15, 0.2) is 9.84 Å². The number of aliphatic hydroxyl groups excluding tert-OH is 1. The van der Waals surface area contributed by atoms with Crippen molar-refractivity contribution in [2.45, 2.75) is 24.7 Å². The van der Waals surface area contributed by atoms with Crippen LogP contribution < -0.4 is 0 Å². The van der Waals surface area contributed by atoms with E-state index in [1.165, 1.54) is 12.1 Å². The Balaban J connectivity index is 3.47. The van der Waals surface area contributed by atoms with Gasteiger partial charge in [0.05, 0.1) is 4.90 Å². The first-order valence-corrected chi connectivity index (χ1v) is 6.91. The van der Waals surface area contributed by atoms with E-state index in [-0.39, 0.29) is 23.5 Å². The Bertz CT molecular complexity index is 480. The van der Waals surface area contributed by atoms with Crippen LogP contribution in [-0.4, -0.2) is 26.4 Å². The highest BCUT2D eigenvalue weighted by Crippen LogP contribution is 2.22. The highest BCUT2D eigenvalue weighted by molar-refractivity contribution is 7.90. The van der Waals surface area contributed by atoms with Crippen LogP contribution in [0, 0.1) is 5.82 Å². The minimum absolute atomic E-state index is 0.0121. The SMILES string of the molecule is CCc1cc(F)c(CCO)c(S(C)(=O)=O)c1. The molecule has 0 unspecified atom stereocenters. The summed E-state index contributed by atoms with van der Waals surface area (Å²) in [5.41, 5.74) is 0.710. The van der Waals surface area contributed by atoms with E-state index in [1.807, 2.05) is 6.92 Å².